The standard InChI is InChI=1S/C12H21F3N2/c13-12(14,15)9-16-4-5-17-7-10-2-1-3-11(6-10)8-17/h10-11,16H,1-9H2. The molecule has 2 unspecified atom stereocenters. The van der Waals surface area contributed by atoms with E-state index >= 15 is 0 Å². The van der Waals surface area contributed by atoms with Crippen molar-refractivity contribution in [2.75, 3.05) is 32.7 Å². The Bertz CT molecular complexity index is 230. The molecule has 2 fully saturated rings. The first-order valence-corrected chi connectivity index (χ1v) is 6.53. The molecule has 1 N–H and O–H groups in total. The van der Waals surface area contributed by atoms with E-state index in [1.54, 1.807) is 0 Å². The van der Waals surface area contributed by atoms with E-state index in [0.29, 0.717) is 6.54 Å². The van der Waals surface area contributed by atoms with Crippen molar-refractivity contribution >= 4 is 0 Å². The van der Waals surface area contributed by atoms with Crippen LogP contribution >= 0.6 is 0 Å². The van der Waals surface area contributed by atoms with Crippen LogP contribution in [0, 0.1) is 11.8 Å². The number of halogens is 3. The zero-order valence-electron chi connectivity index (χ0n) is 10.1. The lowest BCUT2D eigenvalue weighted by Gasteiger charge is -2.41. The predicted octanol–water partition coefficient (Wildman–Crippen LogP) is 2.26. The van der Waals surface area contributed by atoms with Crippen molar-refractivity contribution in [1.29, 1.82) is 0 Å². The smallest absolute Gasteiger partial charge is 0.307 e. The van der Waals surface area contributed by atoms with E-state index in [2.05, 4.69) is 10.2 Å². The molecule has 2 nitrogen and oxygen atoms in total. The highest BCUT2D eigenvalue weighted by Gasteiger charge is 2.30. The molecule has 2 atom stereocenters. The summed E-state index contributed by atoms with van der Waals surface area (Å²) < 4.78 is 35.8. The number of hydrogen-bond donors (Lipinski definition) is 1. The highest BCUT2D eigenvalue weighted by atomic mass is 19.4. The lowest BCUT2D eigenvalue weighted by atomic mass is 9.78. The van der Waals surface area contributed by atoms with Gasteiger partial charge in [-0.2, -0.15) is 13.2 Å². The predicted molar refractivity (Wildman–Crippen MR) is 60.8 cm³/mol. The number of likely N-dealkylation sites (tertiary alicyclic amines) is 1. The molecule has 0 aromatic heterocycles. The monoisotopic (exact) mass is 250 g/mol. The molecule has 0 radical (unpaired) electrons. The van der Waals surface area contributed by atoms with E-state index in [9.17, 15) is 13.2 Å². The molecule has 2 rings (SSSR count). The van der Waals surface area contributed by atoms with Crippen LogP contribution in [0.25, 0.3) is 0 Å². The van der Waals surface area contributed by atoms with Gasteiger partial charge in [-0.1, -0.05) is 6.42 Å². The molecule has 1 aliphatic carbocycles. The number of piperidine rings is 1. The number of hydrogen-bond acceptors (Lipinski definition) is 2. The maximum absolute atomic E-state index is 11.9. The quantitative estimate of drug-likeness (QED) is 0.770. The van der Waals surface area contributed by atoms with Crippen molar-refractivity contribution < 1.29 is 13.2 Å². The molecule has 1 aliphatic heterocycles. The van der Waals surface area contributed by atoms with Gasteiger partial charge in [0, 0.05) is 26.2 Å². The number of fused-ring (bicyclic) bond motifs is 2. The summed E-state index contributed by atoms with van der Waals surface area (Å²) in [5, 5.41) is 2.47. The molecule has 0 aromatic rings. The van der Waals surface area contributed by atoms with Crippen LogP contribution in [0.1, 0.15) is 25.7 Å². The highest BCUT2D eigenvalue weighted by molar-refractivity contribution is 4.83. The summed E-state index contributed by atoms with van der Waals surface area (Å²) in [6.45, 7) is 2.50. The Hall–Kier alpha value is -0.290. The van der Waals surface area contributed by atoms with Crippen molar-refractivity contribution in [3.63, 3.8) is 0 Å². The summed E-state index contributed by atoms with van der Waals surface area (Å²) in [5.74, 6) is 1.59. The summed E-state index contributed by atoms with van der Waals surface area (Å²) in [6, 6.07) is 0. The van der Waals surface area contributed by atoms with Crippen LogP contribution in [-0.2, 0) is 0 Å². The van der Waals surface area contributed by atoms with Gasteiger partial charge in [-0.05, 0) is 31.1 Å². The number of alkyl halides is 3. The topological polar surface area (TPSA) is 15.3 Å². The van der Waals surface area contributed by atoms with Gasteiger partial charge in [-0.15, -0.1) is 0 Å². The van der Waals surface area contributed by atoms with Gasteiger partial charge in [0.05, 0.1) is 6.54 Å². The second-order valence-corrected chi connectivity index (χ2v) is 5.45. The van der Waals surface area contributed by atoms with Gasteiger partial charge in [0.2, 0.25) is 0 Å². The van der Waals surface area contributed by atoms with Crippen LogP contribution in [-0.4, -0.2) is 43.8 Å². The fourth-order valence-corrected chi connectivity index (χ4v) is 3.19. The van der Waals surface area contributed by atoms with Crippen LogP contribution < -0.4 is 5.32 Å². The minimum atomic E-state index is -4.08. The van der Waals surface area contributed by atoms with E-state index < -0.39 is 12.7 Å². The van der Waals surface area contributed by atoms with Crippen LogP contribution in [0.15, 0.2) is 0 Å². The van der Waals surface area contributed by atoms with Gasteiger partial charge in [-0.3, -0.25) is 0 Å². The van der Waals surface area contributed by atoms with Crippen molar-refractivity contribution in [2.45, 2.75) is 31.9 Å². The van der Waals surface area contributed by atoms with Crippen molar-refractivity contribution in [1.82, 2.24) is 10.2 Å². The second-order valence-electron chi connectivity index (χ2n) is 5.45. The minimum Gasteiger partial charge on any atom is -0.307 e. The Balaban J connectivity index is 1.63. The molecule has 5 heteroatoms. The molecule has 1 saturated heterocycles. The zero-order chi connectivity index (χ0) is 12.3. The highest BCUT2D eigenvalue weighted by Crippen LogP contribution is 2.33. The molecular weight excluding hydrogens is 229 g/mol. The maximum atomic E-state index is 11.9. The number of rotatable bonds is 4. The van der Waals surface area contributed by atoms with Gasteiger partial charge in [0.15, 0.2) is 0 Å². The Morgan fingerprint density at radius 3 is 2.35 bits per heavy atom. The number of nitrogens with one attached hydrogen (secondary N) is 1. The Morgan fingerprint density at radius 2 is 1.76 bits per heavy atom. The number of nitrogens with zero attached hydrogens (tertiary/aromatic N) is 1. The minimum absolute atomic E-state index is 0.443. The summed E-state index contributed by atoms with van der Waals surface area (Å²) in [4.78, 5) is 2.33. The molecule has 0 amide bonds. The average Bonchev–Trinajstić information content (AvgIpc) is 2.23. The summed E-state index contributed by atoms with van der Waals surface area (Å²) in [6.07, 6.45) is 1.21. The lowest BCUT2D eigenvalue weighted by Crippen LogP contribution is -2.45. The molecule has 2 bridgehead atoms. The molecule has 100 valence electrons. The Morgan fingerprint density at radius 1 is 1.12 bits per heavy atom. The SMILES string of the molecule is FC(F)(F)CNCCN1CC2CCCC(C2)C1. The van der Waals surface area contributed by atoms with Crippen molar-refractivity contribution in [2.24, 2.45) is 11.8 Å². The molecule has 1 heterocycles. The molecule has 0 spiro atoms. The third-order valence-electron chi connectivity index (χ3n) is 3.85. The van der Waals surface area contributed by atoms with Crippen LogP contribution in [0.4, 0.5) is 13.2 Å². The van der Waals surface area contributed by atoms with Gasteiger partial charge in [-0.25, -0.2) is 0 Å². The van der Waals surface area contributed by atoms with Crippen LogP contribution in [0.3, 0.4) is 0 Å². The molecule has 2 aliphatic rings. The first kappa shape index (κ1) is 13.1. The Labute approximate surface area is 101 Å². The van der Waals surface area contributed by atoms with Crippen LogP contribution in [0.5, 0.6) is 0 Å². The second kappa shape index (κ2) is 5.57. The van der Waals surface area contributed by atoms with Gasteiger partial charge >= 0.3 is 6.18 Å². The first-order chi connectivity index (χ1) is 8.03. The van der Waals surface area contributed by atoms with Crippen LogP contribution in [0.2, 0.25) is 0 Å². The molecule has 1 saturated carbocycles. The normalized spacial score (nSPS) is 30.5. The van der Waals surface area contributed by atoms with Gasteiger partial charge in [0.1, 0.15) is 0 Å². The summed E-state index contributed by atoms with van der Waals surface area (Å²) >= 11 is 0. The fraction of sp³-hybridized carbons (Fsp3) is 1.00. The van der Waals surface area contributed by atoms with E-state index in [1.165, 1.54) is 25.7 Å². The van der Waals surface area contributed by atoms with E-state index in [1.807, 2.05) is 0 Å². The maximum Gasteiger partial charge on any atom is 0.401 e. The van der Waals surface area contributed by atoms with Gasteiger partial charge in [0.25, 0.3) is 0 Å². The van der Waals surface area contributed by atoms with E-state index in [4.69, 9.17) is 0 Å². The summed E-state index contributed by atoms with van der Waals surface area (Å²) in [5.41, 5.74) is 0. The van der Waals surface area contributed by atoms with E-state index in [0.717, 1.165) is 31.5 Å². The molecular formula is C12H21F3N2. The summed E-state index contributed by atoms with van der Waals surface area (Å²) in [7, 11) is 0. The molecule has 0 aromatic carbocycles. The first-order valence-electron chi connectivity index (χ1n) is 6.53. The van der Waals surface area contributed by atoms with Gasteiger partial charge < -0.3 is 10.2 Å². The molecule has 17 heavy (non-hydrogen) atoms. The third kappa shape index (κ3) is 4.47. The zero-order valence-corrected chi connectivity index (χ0v) is 10.1. The van der Waals surface area contributed by atoms with E-state index in [-0.39, 0.29) is 0 Å². The van der Waals surface area contributed by atoms with Crippen molar-refractivity contribution in [3.05, 3.63) is 0 Å². The third-order valence-corrected chi connectivity index (χ3v) is 3.85. The fourth-order valence-electron chi connectivity index (χ4n) is 3.19. The largest absolute Gasteiger partial charge is 0.401 e. The lowest BCUT2D eigenvalue weighted by molar-refractivity contribution is -0.124. The average molecular weight is 250 g/mol. The van der Waals surface area contributed by atoms with Crippen molar-refractivity contribution in [3.8, 4) is 0 Å². The Kier molecular flexibility index (Phi) is 4.31.